The molecule has 1 saturated carbocycles. The van der Waals surface area contributed by atoms with E-state index >= 15 is 0 Å². The molecule has 1 unspecified atom stereocenters. The Labute approximate surface area is 144 Å². The van der Waals surface area contributed by atoms with Crippen LogP contribution in [0.1, 0.15) is 66.7 Å². The summed E-state index contributed by atoms with van der Waals surface area (Å²) in [6.07, 6.45) is 2.95. The van der Waals surface area contributed by atoms with Crippen LogP contribution in [0.2, 0.25) is 0 Å². The Kier molecular flexibility index (Phi) is 4.68. The zero-order valence-corrected chi connectivity index (χ0v) is 15.5. The number of hydrogen-bond acceptors (Lipinski definition) is 4. The standard InChI is InChI=1S/C18H31NO5/c1-15(2,3)24-14(22)19-11-17(12-19,13(20)21)18(23)8-6-7-16(4,5)9-10-18/h23H,6-12H2,1-5H3,(H,20,21). The molecule has 1 aliphatic heterocycles. The second-order valence-corrected chi connectivity index (χ2v) is 9.27. The second-order valence-electron chi connectivity index (χ2n) is 9.27. The van der Waals surface area contributed by atoms with E-state index in [0.717, 1.165) is 19.3 Å². The van der Waals surface area contributed by atoms with Crippen molar-refractivity contribution in [3.8, 4) is 0 Å². The van der Waals surface area contributed by atoms with Crippen LogP contribution < -0.4 is 0 Å². The molecule has 1 amide bonds. The first-order valence-corrected chi connectivity index (χ1v) is 8.74. The molecule has 2 N–H and O–H groups in total. The fourth-order valence-corrected chi connectivity index (χ4v) is 3.82. The molecule has 6 heteroatoms. The van der Waals surface area contributed by atoms with Gasteiger partial charge < -0.3 is 19.8 Å². The fourth-order valence-electron chi connectivity index (χ4n) is 3.82. The van der Waals surface area contributed by atoms with Gasteiger partial charge in [-0.1, -0.05) is 20.3 Å². The van der Waals surface area contributed by atoms with Crippen molar-refractivity contribution in [2.24, 2.45) is 10.8 Å². The van der Waals surface area contributed by atoms with Crippen molar-refractivity contribution in [2.45, 2.75) is 77.9 Å². The maximum absolute atomic E-state index is 12.1. The average molecular weight is 341 g/mol. The molecule has 0 aromatic rings. The summed E-state index contributed by atoms with van der Waals surface area (Å²) in [7, 11) is 0. The number of amides is 1. The third-order valence-corrected chi connectivity index (χ3v) is 5.53. The van der Waals surface area contributed by atoms with E-state index in [0.29, 0.717) is 12.8 Å². The maximum Gasteiger partial charge on any atom is 0.410 e. The SMILES string of the molecule is CC1(C)CCCC(O)(C2(C(=O)O)CN(C(=O)OC(C)(C)C)C2)CC1. The number of aliphatic hydroxyl groups is 1. The highest BCUT2D eigenvalue weighted by molar-refractivity contribution is 5.82. The van der Waals surface area contributed by atoms with Gasteiger partial charge in [-0.3, -0.25) is 4.79 Å². The Balaban J connectivity index is 2.14. The normalized spacial score (nSPS) is 29.3. The molecule has 1 atom stereocenters. The van der Waals surface area contributed by atoms with Crippen molar-refractivity contribution >= 4 is 12.1 Å². The van der Waals surface area contributed by atoms with E-state index in [1.165, 1.54) is 4.90 Å². The molecule has 138 valence electrons. The lowest BCUT2D eigenvalue weighted by molar-refractivity contribution is -0.198. The van der Waals surface area contributed by atoms with Crippen molar-refractivity contribution in [3.05, 3.63) is 0 Å². The largest absolute Gasteiger partial charge is 0.481 e. The van der Waals surface area contributed by atoms with Crippen LogP contribution in [0.15, 0.2) is 0 Å². The molecule has 2 aliphatic rings. The van der Waals surface area contributed by atoms with Crippen LogP contribution in [-0.4, -0.2) is 51.5 Å². The Hall–Kier alpha value is -1.30. The molecule has 0 radical (unpaired) electrons. The molecular formula is C18H31NO5. The number of carbonyl (C=O) groups excluding carboxylic acids is 1. The fraction of sp³-hybridized carbons (Fsp3) is 0.889. The topological polar surface area (TPSA) is 87.1 Å². The molecule has 0 bridgehead atoms. The van der Waals surface area contributed by atoms with E-state index in [4.69, 9.17) is 4.74 Å². The van der Waals surface area contributed by atoms with Crippen LogP contribution >= 0.6 is 0 Å². The van der Waals surface area contributed by atoms with E-state index < -0.39 is 28.7 Å². The summed E-state index contributed by atoms with van der Waals surface area (Å²) in [6, 6.07) is 0. The molecule has 0 aromatic heterocycles. The number of aliphatic carboxylic acids is 1. The first-order chi connectivity index (χ1) is 10.8. The van der Waals surface area contributed by atoms with Crippen LogP contribution in [-0.2, 0) is 9.53 Å². The van der Waals surface area contributed by atoms with E-state index in [1.807, 2.05) is 0 Å². The predicted octanol–water partition coefficient (Wildman–Crippen LogP) is 3.03. The third kappa shape index (κ3) is 3.53. The van der Waals surface area contributed by atoms with Crippen LogP contribution in [0.25, 0.3) is 0 Å². The highest BCUT2D eigenvalue weighted by atomic mass is 16.6. The minimum absolute atomic E-state index is 0.00811. The molecule has 1 heterocycles. The lowest BCUT2D eigenvalue weighted by Crippen LogP contribution is -2.72. The Morgan fingerprint density at radius 2 is 1.62 bits per heavy atom. The molecule has 1 saturated heterocycles. The summed E-state index contributed by atoms with van der Waals surface area (Å²) in [5.41, 5.74) is -3.07. The summed E-state index contributed by atoms with van der Waals surface area (Å²) >= 11 is 0. The summed E-state index contributed by atoms with van der Waals surface area (Å²) in [5, 5.41) is 21.0. The smallest absolute Gasteiger partial charge is 0.410 e. The Morgan fingerprint density at radius 3 is 2.12 bits per heavy atom. The summed E-state index contributed by atoms with van der Waals surface area (Å²) in [5.74, 6) is -1.02. The first-order valence-electron chi connectivity index (χ1n) is 8.74. The zero-order valence-electron chi connectivity index (χ0n) is 15.5. The summed E-state index contributed by atoms with van der Waals surface area (Å²) in [4.78, 5) is 25.5. The van der Waals surface area contributed by atoms with Gasteiger partial charge in [0, 0.05) is 13.1 Å². The lowest BCUT2D eigenvalue weighted by Gasteiger charge is -2.55. The number of hydrogen-bond donors (Lipinski definition) is 2. The lowest BCUT2D eigenvalue weighted by atomic mass is 9.63. The van der Waals surface area contributed by atoms with E-state index in [1.54, 1.807) is 20.8 Å². The van der Waals surface area contributed by atoms with Gasteiger partial charge in [0.05, 0.1) is 5.60 Å². The quantitative estimate of drug-likeness (QED) is 0.754. The molecule has 0 aromatic carbocycles. The van der Waals surface area contributed by atoms with Gasteiger partial charge in [0.2, 0.25) is 0 Å². The van der Waals surface area contributed by atoms with Gasteiger partial charge in [-0.05, 0) is 51.9 Å². The first kappa shape index (κ1) is 19.0. The second kappa shape index (κ2) is 5.90. The number of nitrogens with zero attached hydrogens (tertiary/aromatic N) is 1. The molecule has 6 nitrogen and oxygen atoms in total. The van der Waals surface area contributed by atoms with Crippen molar-refractivity contribution in [1.82, 2.24) is 4.90 Å². The van der Waals surface area contributed by atoms with Gasteiger partial charge in [0.15, 0.2) is 0 Å². The number of ether oxygens (including phenoxy) is 1. The molecular weight excluding hydrogens is 310 g/mol. The molecule has 2 fully saturated rings. The Bertz CT molecular complexity index is 516. The van der Waals surface area contributed by atoms with Gasteiger partial charge in [-0.25, -0.2) is 4.79 Å². The molecule has 0 spiro atoms. The van der Waals surface area contributed by atoms with Crippen molar-refractivity contribution in [1.29, 1.82) is 0 Å². The average Bonchev–Trinajstić information content (AvgIpc) is 2.45. The molecule has 1 aliphatic carbocycles. The van der Waals surface area contributed by atoms with Crippen LogP contribution in [0.5, 0.6) is 0 Å². The predicted molar refractivity (Wildman–Crippen MR) is 89.7 cm³/mol. The number of carboxylic acids is 1. The monoisotopic (exact) mass is 341 g/mol. The van der Waals surface area contributed by atoms with Crippen LogP contribution in [0.3, 0.4) is 0 Å². The molecule has 24 heavy (non-hydrogen) atoms. The van der Waals surface area contributed by atoms with Gasteiger partial charge in [-0.2, -0.15) is 0 Å². The number of rotatable bonds is 2. The summed E-state index contributed by atoms with van der Waals surface area (Å²) in [6.45, 7) is 9.64. The number of carbonyl (C=O) groups is 2. The van der Waals surface area contributed by atoms with Crippen molar-refractivity contribution in [2.75, 3.05) is 13.1 Å². The maximum atomic E-state index is 12.1. The highest BCUT2D eigenvalue weighted by Crippen LogP contribution is 2.50. The van der Waals surface area contributed by atoms with Gasteiger partial charge in [0.25, 0.3) is 0 Å². The van der Waals surface area contributed by atoms with E-state index in [2.05, 4.69) is 13.8 Å². The minimum Gasteiger partial charge on any atom is -0.481 e. The summed E-state index contributed by atoms with van der Waals surface area (Å²) < 4.78 is 5.31. The van der Waals surface area contributed by atoms with Crippen molar-refractivity contribution in [3.63, 3.8) is 0 Å². The van der Waals surface area contributed by atoms with Crippen molar-refractivity contribution < 1.29 is 24.5 Å². The van der Waals surface area contributed by atoms with Gasteiger partial charge in [-0.15, -0.1) is 0 Å². The highest BCUT2D eigenvalue weighted by Gasteiger charge is 2.64. The zero-order chi connectivity index (χ0) is 18.4. The number of likely N-dealkylation sites (tertiary alicyclic amines) is 1. The Morgan fingerprint density at radius 1 is 1.04 bits per heavy atom. The van der Waals surface area contributed by atoms with Gasteiger partial charge in [0.1, 0.15) is 11.0 Å². The van der Waals surface area contributed by atoms with E-state index in [9.17, 15) is 19.8 Å². The third-order valence-electron chi connectivity index (χ3n) is 5.53. The van der Waals surface area contributed by atoms with Gasteiger partial charge >= 0.3 is 12.1 Å². The van der Waals surface area contributed by atoms with Crippen LogP contribution in [0.4, 0.5) is 4.79 Å². The van der Waals surface area contributed by atoms with E-state index in [-0.39, 0.29) is 18.5 Å². The van der Waals surface area contributed by atoms with Crippen LogP contribution in [0, 0.1) is 10.8 Å². The molecule has 2 rings (SSSR count). The number of carboxylic acid groups (broad SMARTS) is 1. The minimum atomic E-state index is -1.29.